The molecular formula is C16H12O4. The summed E-state index contributed by atoms with van der Waals surface area (Å²) in [4.78, 5) is 22.8. The fourth-order valence-electron chi connectivity index (χ4n) is 2.67. The van der Waals surface area contributed by atoms with Crippen molar-refractivity contribution < 1.29 is 19.1 Å². The number of rotatable bonds is 2. The molecule has 100 valence electrons. The Hall–Kier alpha value is -2.46. The number of aliphatic hydroxyl groups is 1. The minimum atomic E-state index is -1.34. The highest BCUT2D eigenvalue weighted by molar-refractivity contribution is 6.11. The van der Waals surface area contributed by atoms with Crippen LogP contribution < -0.4 is 0 Å². The van der Waals surface area contributed by atoms with Gasteiger partial charge < -0.3 is 9.52 Å². The molecule has 0 bridgehead atoms. The summed E-state index contributed by atoms with van der Waals surface area (Å²) in [5.74, 6) is -0.132. The van der Waals surface area contributed by atoms with Crippen LogP contribution in [0, 0.1) is 0 Å². The van der Waals surface area contributed by atoms with Crippen LogP contribution in [0.5, 0.6) is 0 Å². The molecule has 0 saturated carbocycles. The molecule has 3 rings (SSSR count). The second kappa shape index (κ2) is 4.28. The van der Waals surface area contributed by atoms with Crippen molar-refractivity contribution in [3.05, 3.63) is 64.6 Å². The van der Waals surface area contributed by atoms with E-state index in [-0.39, 0.29) is 11.5 Å². The van der Waals surface area contributed by atoms with E-state index in [1.54, 1.807) is 31.2 Å². The van der Waals surface area contributed by atoms with Crippen LogP contribution in [-0.4, -0.2) is 17.2 Å². The lowest BCUT2D eigenvalue weighted by Crippen LogP contribution is -2.32. The molecule has 1 heterocycles. The number of carbonyl (C=O) groups is 2. The zero-order valence-electron chi connectivity index (χ0n) is 10.8. The standard InChI is InChI=1S/C16H12O4/c1-16(19)12-7-3-2-6-11(12)14(18)15-13(16)10(9-20-15)5-4-8-17/h2-9,19H,1H3/b5-4-. The Bertz CT molecular complexity index is 735. The Morgan fingerprint density at radius 3 is 2.80 bits per heavy atom. The normalized spacial score (nSPS) is 20.8. The van der Waals surface area contributed by atoms with Crippen molar-refractivity contribution in [3.63, 3.8) is 0 Å². The summed E-state index contributed by atoms with van der Waals surface area (Å²) < 4.78 is 5.31. The number of benzene rings is 1. The van der Waals surface area contributed by atoms with Gasteiger partial charge in [0.05, 0.1) is 6.26 Å². The van der Waals surface area contributed by atoms with Gasteiger partial charge in [-0.25, -0.2) is 0 Å². The number of hydrogen-bond acceptors (Lipinski definition) is 4. The van der Waals surface area contributed by atoms with Crippen LogP contribution in [0.2, 0.25) is 0 Å². The summed E-state index contributed by atoms with van der Waals surface area (Å²) in [5.41, 5.74) is 0.569. The van der Waals surface area contributed by atoms with Crippen LogP contribution in [0.4, 0.5) is 0 Å². The Kier molecular flexibility index (Phi) is 2.69. The van der Waals surface area contributed by atoms with Crippen LogP contribution in [0.3, 0.4) is 0 Å². The first kappa shape index (κ1) is 12.6. The van der Waals surface area contributed by atoms with Crippen molar-refractivity contribution in [1.82, 2.24) is 0 Å². The van der Waals surface area contributed by atoms with Crippen molar-refractivity contribution >= 4 is 18.1 Å². The Morgan fingerprint density at radius 1 is 1.30 bits per heavy atom. The SMILES string of the molecule is CC1(O)c2ccccc2C(=O)c2occ(/C=C\C=O)c21. The fraction of sp³-hybridized carbons (Fsp3) is 0.125. The van der Waals surface area contributed by atoms with Gasteiger partial charge in [-0.2, -0.15) is 0 Å². The van der Waals surface area contributed by atoms with E-state index in [9.17, 15) is 14.7 Å². The molecule has 0 saturated heterocycles. The van der Waals surface area contributed by atoms with Gasteiger partial charge in [0.25, 0.3) is 0 Å². The maximum Gasteiger partial charge on any atom is 0.229 e. The van der Waals surface area contributed by atoms with Gasteiger partial charge in [0.2, 0.25) is 5.78 Å². The van der Waals surface area contributed by atoms with Crippen LogP contribution in [0.15, 0.2) is 41.0 Å². The highest BCUT2D eigenvalue weighted by Gasteiger charge is 2.42. The molecular weight excluding hydrogens is 256 g/mol. The highest BCUT2D eigenvalue weighted by Crippen LogP contribution is 2.42. The molecule has 0 radical (unpaired) electrons. The average Bonchev–Trinajstić information content (AvgIpc) is 2.88. The zero-order chi connectivity index (χ0) is 14.3. The third kappa shape index (κ3) is 1.58. The predicted octanol–water partition coefficient (Wildman–Crippen LogP) is 2.29. The van der Waals surface area contributed by atoms with Crippen molar-refractivity contribution in [1.29, 1.82) is 0 Å². The van der Waals surface area contributed by atoms with Gasteiger partial charge in [-0.1, -0.05) is 24.3 Å². The number of ketones is 1. The molecule has 0 fully saturated rings. The molecule has 0 aliphatic heterocycles. The van der Waals surface area contributed by atoms with E-state index in [0.717, 1.165) is 0 Å². The van der Waals surface area contributed by atoms with Gasteiger partial charge in [-0.05, 0) is 24.6 Å². The summed E-state index contributed by atoms with van der Waals surface area (Å²) in [6.45, 7) is 1.62. The van der Waals surface area contributed by atoms with Crippen molar-refractivity contribution in [2.75, 3.05) is 0 Å². The third-order valence-corrected chi connectivity index (χ3v) is 3.56. The topological polar surface area (TPSA) is 67.5 Å². The lowest BCUT2D eigenvalue weighted by molar-refractivity contribution is -0.104. The maximum absolute atomic E-state index is 12.4. The van der Waals surface area contributed by atoms with Crippen LogP contribution >= 0.6 is 0 Å². The Labute approximate surface area is 115 Å². The molecule has 1 N–H and O–H groups in total. The van der Waals surface area contributed by atoms with Gasteiger partial charge in [0.15, 0.2) is 5.76 Å². The van der Waals surface area contributed by atoms with E-state index >= 15 is 0 Å². The number of aldehydes is 1. The molecule has 0 spiro atoms. The molecule has 1 unspecified atom stereocenters. The Morgan fingerprint density at radius 2 is 2.05 bits per heavy atom. The summed E-state index contributed by atoms with van der Waals surface area (Å²) in [5, 5.41) is 10.8. The highest BCUT2D eigenvalue weighted by atomic mass is 16.3. The van der Waals surface area contributed by atoms with E-state index < -0.39 is 5.60 Å². The van der Waals surface area contributed by atoms with E-state index in [1.165, 1.54) is 18.4 Å². The summed E-state index contributed by atoms with van der Waals surface area (Å²) in [7, 11) is 0. The monoisotopic (exact) mass is 268 g/mol. The van der Waals surface area contributed by atoms with E-state index in [2.05, 4.69) is 0 Å². The van der Waals surface area contributed by atoms with Gasteiger partial charge in [0.1, 0.15) is 11.9 Å². The second-order valence-corrected chi connectivity index (χ2v) is 4.84. The average molecular weight is 268 g/mol. The molecule has 1 aliphatic rings. The van der Waals surface area contributed by atoms with Gasteiger partial charge in [0, 0.05) is 16.7 Å². The first-order chi connectivity index (χ1) is 9.57. The summed E-state index contributed by atoms with van der Waals surface area (Å²) in [6, 6.07) is 6.90. The zero-order valence-corrected chi connectivity index (χ0v) is 10.8. The molecule has 1 aliphatic carbocycles. The minimum Gasteiger partial charge on any atom is -0.460 e. The number of carbonyl (C=O) groups excluding carboxylic acids is 2. The number of fused-ring (bicyclic) bond motifs is 2. The molecule has 1 aromatic heterocycles. The number of furan rings is 1. The van der Waals surface area contributed by atoms with Crippen molar-refractivity contribution in [3.8, 4) is 0 Å². The first-order valence-electron chi connectivity index (χ1n) is 6.17. The summed E-state index contributed by atoms with van der Waals surface area (Å²) >= 11 is 0. The summed E-state index contributed by atoms with van der Waals surface area (Å²) in [6.07, 6.45) is 4.83. The molecule has 1 atom stereocenters. The quantitative estimate of drug-likeness (QED) is 0.670. The number of allylic oxidation sites excluding steroid dienone is 1. The number of hydrogen-bond donors (Lipinski definition) is 1. The van der Waals surface area contributed by atoms with Crippen LogP contribution in [0.1, 0.15) is 39.7 Å². The molecule has 4 heteroatoms. The second-order valence-electron chi connectivity index (χ2n) is 4.84. The Balaban J connectivity index is 2.29. The first-order valence-corrected chi connectivity index (χ1v) is 6.17. The molecule has 0 amide bonds. The van der Waals surface area contributed by atoms with Gasteiger partial charge in [-0.3, -0.25) is 9.59 Å². The molecule has 20 heavy (non-hydrogen) atoms. The predicted molar refractivity (Wildman–Crippen MR) is 72.4 cm³/mol. The molecule has 2 aromatic rings. The van der Waals surface area contributed by atoms with E-state index in [4.69, 9.17) is 4.42 Å². The molecule has 4 nitrogen and oxygen atoms in total. The minimum absolute atomic E-state index is 0.124. The van der Waals surface area contributed by atoms with Crippen molar-refractivity contribution in [2.24, 2.45) is 0 Å². The van der Waals surface area contributed by atoms with Gasteiger partial charge in [-0.15, -0.1) is 0 Å². The van der Waals surface area contributed by atoms with Crippen LogP contribution in [-0.2, 0) is 10.4 Å². The largest absolute Gasteiger partial charge is 0.460 e. The maximum atomic E-state index is 12.4. The van der Waals surface area contributed by atoms with Gasteiger partial charge >= 0.3 is 0 Å². The lowest BCUT2D eigenvalue weighted by Gasteiger charge is -2.30. The van der Waals surface area contributed by atoms with E-state index in [0.29, 0.717) is 28.5 Å². The van der Waals surface area contributed by atoms with E-state index in [1.807, 2.05) is 0 Å². The smallest absolute Gasteiger partial charge is 0.229 e. The van der Waals surface area contributed by atoms with Crippen molar-refractivity contribution in [2.45, 2.75) is 12.5 Å². The van der Waals surface area contributed by atoms with Crippen LogP contribution in [0.25, 0.3) is 6.08 Å². The molecule has 1 aromatic carbocycles. The fourth-order valence-corrected chi connectivity index (χ4v) is 2.67. The third-order valence-electron chi connectivity index (χ3n) is 3.56. The lowest BCUT2D eigenvalue weighted by atomic mass is 9.77.